The number of carbonyl (C=O) groups is 1. The van der Waals surface area contributed by atoms with Crippen molar-refractivity contribution in [1.82, 2.24) is 4.57 Å². The van der Waals surface area contributed by atoms with Gasteiger partial charge in [-0.25, -0.2) is 0 Å². The van der Waals surface area contributed by atoms with Crippen LogP contribution in [0.25, 0.3) is 5.69 Å². The number of rotatable bonds is 3. The molecule has 5 heteroatoms. The Hall–Kier alpha value is -2.56. The molecule has 1 amide bonds. The summed E-state index contributed by atoms with van der Waals surface area (Å²) >= 11 is 0. The Labute approximate surface area is 122 Å². The van der Waals surface area contributed by atoms with E-state index in [-0.39, 0.29) is 17.4 Å². The quantitative estimate of drug-likeness (QED) is 0.918. The molecule has 0 saturated carbocycles. The lowest BCUT2D eigenvalue weighted by Gasteiger charge is -2.18. The summed E-state index contributed by atoms with van der Waals surface area (Å²) in [7, 11) is 0. The molecule has 1 aliphatic heterocycles. The van der Waals surface area contributed by atoms with E-state index >= 15 is 0 Å². The first-order valence-corrected chi connectivity index (χ1v) is 6.97. The molecule has 2 heterocycles. The minimum Gasteiger partial charge on any atom is -0.371 e. The maximum atomic E-state index is 11.8. The van der Waals surface area contributed by atoms with Crippen molar-refractivity contribution in [1.29, 1.82) is 0 Å². The number of anilines is 1. The Morgan fingerprint density at radius 2 is 1.81 bits per heavy atom. The van der Waals surface area contributed by atoms with Crippen LogP contribution in [0.2, 0.25) is 0 Å². The third kappa shape index (κ3) is 2.67. The van der Waals surface area contributed by atoms with Crippen LogP contribution in [0.15, 0.2) is 53.5 Å². The zero-order valence-electron chi connectivity index (χ0n) is 11.6. The number of hydrogen-bond donors (Lipinski definition) is 1. The summed E-state index contributed by atoms with van der Waals surface area (Å²) in [6.07, 6.45) is 2.55. The average Bonchev–Trinajstić information content (AvgIpc) is 2.98. The van der Waals surface area contributed by atoms with E-state index < -0.39 is 0 Å². The van der Waals surface area contributed by atoms with Gasteiger partial charge in [-0.2, -0.15) is 0 Å². The van der Waals surface area contributed by atoms with Gasteiger partial charge in [0, 0.05) is 36.7 Å². The molecule has 1 aromatic carbocycles. The second-order valence-electron chi connectivity index (χ2n) is 5.26. The summed E-state index contributed by atoms with van der Waals surface area (Å²) < 4.78 is 1.60. The minimum atomic E-state index is -0.232. The van der Waals surface area contributed by atoms with Crippen molar-refractivity contribution in [3.8, 4) is 5.69 Å². The fourth-order valence-corrected chi connectivity index (χ4v) is 2.69. The zero-order valence-corrected chi connectivity index (χ0v) is 11.6. The van der Waals surface area contributed by atoms with E-state index in [1.54, 1.807) is 16.8 Å². The first-order valence-electron chi connectivity index (χ1n) is 6.97. The largest absolute Gasteiger partial charge is 0.371 e. The van der Waals surface area contributed by atoms with Crippen molar-refractivity contribution in [2.24, 2.45) is 11.7 Å². The summed E-state index contributed by atoms with van der Waals surface area (Å²) in [6, 6.07) is 12.8. The van der Waals surface area contributed by atoms with E-state index in [4.69, 9.17) is 5.73 Å². The molecule has 0 aliphatic carbocycles. The van der Waals surface area contributed by atoms with Crippen molar-refractivity contribution >= 4 is 11.6 Å². The highest BCUT2D eigenvalue weighted by molar-refractivity contribution is 5.78. The predicted molar refractivity (Wildman–Crippen MR) is 81.6 cm³/mol. The third-order valence-electron chi connectivity index (χ3n) is 3.91. The van der Waals surface area contributed by atoms with Gasteiger partial charge >= 0.3 is 0 Å². The van der Waals surface area contributed by atoms with Gasteiger partial charge in [-0.05, 0) is 36.8 Å². The second kappa shape index (κ2) is 5.44. The molecule has 21 heavy (non-hydrogen) atoms. The van der Waals surface area contributed by atoms with E-state index in [2.05, 4.69) is 4.90 Å². The lowest BCUT2D eigenvalue weighted by Crippen LogP contribution is -2.27. The number of aromatic nitrogens is 1. The molecule has 1 fully saturated rings. The third-order valence-corrected chi connectivity index (χ3v) is 3.91. The van der Waals surface area contributed by atoms with E-state index in [0.29, 0.717) is 6.54 Å². The highest BCUT2D eigenvalue weighted by Gasteiger charge is 2.26. The second-order valence-corrected chi connectivity index (χ2v) is 5.26. The van der Waals surface area contributed by atoms with Crippen molar-refractivity contribution in [3.63, 3.8) is 0 Å². The van der Waals surface area contributed by atoms with Gasteiger partial charge in [-0.15, -0.1) is 0 Å². The molecule has 1 unspecified atom stereocenters. The van der Waals surface area contributed by atoms with Crippen LogP contribution < -0.4 is 16.2 Å². The lowest BCUT2D eigenvalue weighted by molar-refractivity contribution is -0.121. The molecule has 5 nitrogen and oxygen atoms in total. The standard InChI is InChI=1S/C16H17N3O2/c17-16(21)12-8-10-18(11-12)13-4-6-14(7-5-13)19-9-2-1-3-15(19)20/h1-7,9,12H,8,10-11H2,(H2,17,21). The van der Waals surface area contributed by atoms with Crippen molar-refractivity contribution in [2.45, 2.75) is 6.42 Å². The molecule has 1 aromatic heterocycles. The Kier molecular flexibility index (Phi) is 3.48. The molecule has 108 valence electrons. The minimum absolute atomic E-state index is 0.0554. The molecule has 2 N–H and O–H groups in total. The van der Waals surface area contributed by atoms with Gasteiger partial charge in [0.25, 0.3) is 5.56 Å². The van der Waals surface area contributed by atoms with Crippen LogP contribution >= 0.6 is 0 Å². The Balaban J connectivity index is 1.81. The van der Waals surface area contributed by atoms with Gasteiger partial charge in [0.05, 0.1) is 5.92 Å². The molecule has 1 atom stereocenters. The van der Waals surface area contributed by atoms with Crippen LogP contribution in [0.3, 0.4) is 0 Å². The van der Waals surface area contributed by atoms with Gasteiger partial charge in [0.15, 0.2) is 0 Å². The van der Waals surface area contributed by atoms with Gasteiger partial charge in [-0.1, -0.05) is 6.07 Å². The summed E-state index contributed by atoms with van der Waals surface area (Å²) in [5, 5.41) is 0. The lowest BCUT2D eigenvalue weighted by atomic mass is 10.1. The molecule has 1 aliphatic rings. The van der Waals surface area contributed by atoms with Crippen LogP contribution in [-0.4, -0.2) is 23.6 Å². The average molecular weight is 283 g/mol. The number of benzene rings is 1. The van der Waals surface area contributed by atoms with Crippen LogP contribution in [-0.2, 0) is 4.79 Å². The number of primary amides is 1. The summed E-state index contributed by atoms with van der Waals surface area (Å²) in [6.45, 7) is 1.50. The fourth-order valence-electron chi connectivity index (χ4n) is 2.69. The fraction of sp³-hybridized carbons (Fsp3) is 0.250. The highest BCUT2D eigenvalue weighted by Crippen LogP contribution is 2.24. The van der Waals surface area contributed by atoms with E-state index in [9.17, 15) is 9.59 Å². The summed E-state index contributed by atoms with van der Waals surface area (Å²) in [5.74, 6) is -0.300. The Morgan fingerprint density at radius 3 is 2.43 bits per heavy atom. The topological polar surface area (TPSA) is 68.3 Å². The maximum Gasteiger partial charge on any atom is 0.255 e. The van der Waals surface area contributed by atoms with Crippen LogP contribution in [0, 0.1) is 5.92 Å². The number of amides is 1. The molecule has 2 aromatic rings. The van der Waals surface area contributed by atoms with Crippen LogP contribution in [0.4, 0.5) is 5.69 Å². The van der Waals surface area contributed by atoms with Crippen molar-refractivity contribution < 1.29 is 4.79 Å². The van der Waals surface area contributed by atoms with Gasteiger partial charge in [0.2, 0.25) is 5.91 Å². The monoisotopic (exact) mass is 283 g/mol. The summed E-state index contributed by atoms with van der Waals surface area (Å²) in [5.41, 5.74) is 7.17. The first-order chi connectivity index (χ1) is 10.1. The Bertz CT molecular complexity index is 706. The van der Waals surface area contributed by atoms with Gasteiger partial charge < -0.3 is 10.6 Å². The van der Waals surface area contributed by atoms with E-state index in [1.165, 1.54) is 6.07 Å². The molecular formula is C16H17N3O2. The SMILES string of the molecule is NC(=O)C1CCN(c2ccc(-n3ccccc3=O)cc2)C1. The van der Waals surface area contributed by atoms with Crippen LogP contribution in [0.1, 0.15) is 6.42 Å². The van der Waals surface area contributed by atoms with E-state index in [0.717, 1.165) is 24.3 Å². The number of nitrogens with zero attached hydrogens (tertiary/aromatic N) is 2. The predicted octanol–water partition coefficient (Wildman–Crippen LogP) is 1.15. The number of nitrogens with two attached hydrogens (primary N) is 1. The molecular weight excluding hydrogens is 266 g/mol. The van der Waals surface area contributed by atoms with E-state index in [1.807, 2.05) is 30.3 Å². The van der Waals surface area contributed by atoms with Crippen molar-refractivity contribution in [3.05, 3.63) is 59.0 Å². The number of carbonyl (C=O) groups excluding carboxylic acids is 1. The molecule has 3 rings (SSSR count). The molecule has 0 bridgehead atoms. The molecule has 1 saturated heterocycles. The molecule has 0 spiro atoms. The van der Waals surface area contributed by atoms with Gasteiger partial charge in [-0.3, -0.25) is 14.2 Å². The van der Waals surface area contributed by atoms with Gasteiger partial charge in [0.1, 0.15) is 0 Å². The number of hydrogen-bond acceptors (Lipinski definition) is 3. The Morgan fingerprint density at radius 1 is 1.10 bits per heavy atom. The summed E-state index contributed by atoms with van der Waals surface area (Å²) in [4.78, 5) is 25.1. The zero-order chi connectivity index (χ0) is 14.8. The smallest absolute Gasteiger partial charge is 0.255 e. The van der Waals surface area contributed by atoms with Crippen molar-refractivity contribution in [2.75, 3.05) is 18.0 Å². The normalized spacial score (nSPS) is 17.9. The first kappa shape index (κ1) is 13.4. The number of pyridine rings is 1. The highest BCUT2D eigenvalue weighted by atomic mass is 16.1. The molecule has 0 radical (unpaired) electrons. The maximum absolute atomic E-state index is 11.8. The van der Waals surface area contributed by atoms with Crippen LogP contribution in [0.5, 0.6) is 0 Å².